The second-order valence-corrected chi connectivity index (χ2v) is 7.27. The highest BCUT2D eigenvalue weighted by atomic mass is 16.2. The number of rotatable bonds is 3. The zero-order valence-electron chi connectivity index (χ0n) is 15.5. The van der Waals surface area contributed by atoms with Crippen molar-refractivity contribution in [3.8, 4) is 0 Å². The van der Waals surface area contributed by atoms with E-state index in [0.29, 0.717) is 6.42 Å². The predicted octanol–water partition coefficient (Wildman–Crippen LogP) is 3.08. The Morgan fingerprint density at radius 3 is 2.50 bits per heavy atom. The van der Waals surface area contributed by atoms with Gasteiger partial charge >= 0.3 is 0 Å². The first-order valence-electron chi connectivity index (χ1n) is 8.95. The molecule has 130 valence electrons. The molecule has 5 heteroatoms. The van der Waals surface area contributed by atoms with Gasteiger partial charge in [0, 0.05) is 37.6 Å². The van der Waals surface area contributed by atoms with Gasteiger partial charge in [0.2, 0.25) is 5.91 Å². The Bertz CT molecular complexity index is 770. The van der Waals surface area contributed by atoms with Crippen molar-refractivity contribution in [3.63, 3.8) is 0 Å². The van der Waals surface area contributed by atoms with Gasteiger partial charge in [-0.15, -0.1) is 0 Å². The predicted molar refractivity (Wildman–Crippen MR) is 96.0 cm³/mol. The number of aromatic nitrogens is 3. The maximum absolute atomic E-state index is 12.5. The molecule has 2 aromatic heterocycles. The molecule has 0 atom stereocenters. The minimum Gasteiger partial charge on any atom is -0.343 e. The molecule has 0 bridgehead atoms. The van der Waals surface area contributed by atoms with Gasteiger partial charge < -0.3 is 4.90 Å². The van der Waals surface area contributed by atoms with Crippen LogP contribution >= 0.6 is 0 Å². The van der Waals surface area contributed by atoms with Crippen LogP contribution in [0.4, 0.5) is 0 Å². The Morgan fingerprint density at radius 2 is 1.83 bits per heavy atom. The Morgan fingerprint density at radius 1 is 1.17 bits per heavy atom. The Labute approximate surface area is 144 Å². The van der Waals surface area contributed by atoms with Gasteiger partial charge in [-0.05, 0) is 57.1 Å². The maximum atomic E-state index is 12.5. The molecule has 0 N–H and O–H groups in total. The molecule has 1 aliphatic rings. The fourth-order valence-corrected chi connectivity index (χ4v) is 3.88. The summed E-state index contributed by atoms with van der Waals surface area (Å²) in [5, 5.41) is 5.62. The van der Waals surface area contributed by atoms with Gasteiger partial charge in [-0.25, -0.2) is 4.98 Å². The van der Waals surface area contributed by atoms with Crippen LogP contribution in [0.2, 0.25) is 0 Å². The Hall–Kier alpha value is -1.91. The summed E-state index contributed by atoms with van der Waals surface area (Å²) in [5.74, 6) is 1.03. The van der Waals surface area contributed by atoms with Crippen LogP contribution in [0.1, 0.15) is 48.7 Å². The van der Waals surface area contributed by atoms with Crippen molar-refractivity contribution >= 4 is 16.9 Å². The number of aryl methyl sites for hydroxylation is 4. The normalized spacial score (nSPS) is 16.1. The molecule has 0 aromatic carbocycles. The van der Waals surface area contributed by atoms with Gasteiger partial charge in [0.15, 0.2) is 5.65 Å². The fraction of sp³-hybridized carbons (Fsp3) is 0.632. The van der Waals surface area contributed by atoms with Crippen LogP contribution in [0.3, 0.4) is 0 Å². The van der Waals surface area contributed by atoms with Crippen LogP contribution in [-0.2, 0) is 18.3 Å². The van der Waals surface area contributed by atoms with E-state index in [4.69, 9.17) is 4.98 Å². The number of amides is 1. The average Bonchev–Trinajstić information content (AvgIpc) is 2.81. The lowest BCUT2D eigenvalue weighted by molar-refractivity contribution is -0.132. The number of nitrogens with zero attached hydrogens (tertiary/aromatic N) is 4. The number of piperidine rings is 1. The molecule has 5 nitrogen and oxygen atoms in total. The number of fused-ring (bicyclic) bond motifs is 1. The summed E-state index contributed by atoms with van der Waals surface area (Å²) in [5.41, 5.74) is 5.39. The van der Waals surface area contributed by atoms with Crippen LogP contribution in [0.15, 0.2) is 0 Å². The molecular weight excluding hydrogens is 300 g/mol. The number of hydrogen-bond acceptors (Lipinski definition) is 3. The van der Waals surface area contributed by atoms with Crippen LogP contribution in [0, 0.1) is 26.7 Å². The molecule has 24 heavy (non-hydrogen) atoms. The van der Waals surface area contributed by atoms with Crippen molar-refractivity contribution in [1.29, 1.82) is 0 Å². The van der Waals surface area contributed by atoms with E-state index in [2.05, 4.69) is 18.9 Å². The third-order valence-corrected chi connectivity index (χ3v) is 5.46. The molecule has 1 saturated heterocycles. The molecular formula is C19H28N4O. The minimum atomic E-state index is 0.281. The second kappa shape index (κ2) is 6.54. The van der Waals surface area contributed by atoms with Crippen LogP contribution in [-0.4, -0.2) is 38.7 Å². The summed E-state index contributed by atoms with van der Waals surface area (Å²) in [7, 11) is 1.93. The molecule has 0 aliphatic carbocycles. The first kappa shape index (κ1) is 16.9. The summed E-state index contributed by atoms with van der Waals surface area (Å²) in [6.45, 7) is 10.3. The molecule has 3 heterocycles. The van der Waals surface area contributed by atoms with Crippen LogP contribution < -0.4 is 0 Å². The standard InChI is InChI=1S/C19H28N4O/c1-12-8-10-23(11-9-12)17(24)7-6-16-13(2)18-15(4)21-22(5)19(18)20-14(16)3/h12H,6-11H2,1-5H3. The lowest BCUT2D eigenvalue weighted by Crippen LogP contribution is -2.38. The third-order valence-electron chi connectivity index (χ3n) is 5.46. The van der Waals surface area contributed by atoms with E-state index in [1.165, 1.54) is 11.1 Å². The Kier molecular flexibility index (Phi) is 4.61. The van der Waals surface area contributed by atoms with Gasteiger partial charge in [-0.2, -0.15) is 5.10 Å². The van der Waals surface area contributed by atoms with Crippen molar-refractivity contribution < 1.29 is 4.79 Å². The topological polar surface area (TPSA) is 51.0 Å². The number of carbonyl (C=O) groups excluding carboxylic acids is 1. The molecule has 0 saturated carbocycles. The summed E-state index contributed by atoms with van der Waals surface area (Å²) in [6, 6.07) is 0. The summed E-state index contributed by atoms with van der Waals surface area (Å²) in [6.07, 6.45) is 3.60. The fourth-order valence-electron chi connectivity index (χ4n) is 3.88. The van der Waals surface area contributed by atoms with Crippen LogP contribution in [0.25, 0.3) is 11.0 Å². The van der Waals surface area contributed by atoms with Crippen molar-refractivity contribution in [2.75, 3.05) is 13.1 Å². The molecule has 1 amide bonds. The van der Waals surface area contributed by atoms with Crippen molar-refractivity contribution in [2.45, 2.75) is 53.4 Å². The van der Waals surface area contributed by atoms with E-state index >= 15 is 0 Å². The van der Waals surface area contributed by atoms with E-state index in [-0.39, 0.29) is 5.91 Å². The highest BCUT2D eigenvalue weighted by Gasteiger charge is 2.21. The molecule has 0 radical (unpaired) electrons. The molecule has 0 unspecified atom stereocenters. The molecule has 2 aromatic rings. The number of likely N-dealkylation sites (tertiary alicyclic amines) is 1. The van der Waals surface area contributed by atoms with Crippen molar-refractivity contribution in [2.24, 2.45) is 13.0 Å². The lowest BCUT2D eigenvalue weighted by Gasteiger charge is -2.30. The van der Waals surface area contributed by atoms with Crippen molar-refractivity contribution in [1.82, 2.24) is 19.7 Å². The van der Waals surface area contributed by atoms with Gasteiger partial charge in [0.05, 0.1) is 5.69 Å². The maximum Gasteiger partial charge on any atom is 0.222 e. The second-order valence-electron chi connectivity index (χ2n) is 7.27. The average molecular weight is 328 g/mol. The summed E-state index contributed by atoms with van der Waals surface area (Å²) >= 11 is 0. The number of carbonyl (C=O) groups is 1. The Balaban J connectivity index is 1.78. The summed E-state index contributed by atoms with van der Waals surface area (Å²) < 4.78 is 1.84. The van der Waals surface area contributed by atoms with E-state index in [0.717, 1.165) is 60.7 Å². The number of pyridine rings is 1. The monoisotopic (exact) mass is 328 g/mol. The molecule has 1 aliphatic heterocycles. The zero-order chi connectivity index (χ0) is 17.4. The van der Waals surface area contributed by atoms with E-state index in [9.17, 15) is 4.79 Å². The largest absolute Gasteiger partial charge is 0.343 e. The molecule has 3 rings (SSSR count). The SMILES string of the molecule is Cc1nc2c(c(C)nn2C)c(C)c1CCC(=O)N1CCC(C)CC1. The van der Waals surface area contributed by atoms with E-state index in [1.54, 1.807) is 0 Å². The van der Waals surface area contributed by atoms with Crippen molar-refractivity contribution in [3.05, 3.63) is 22.5 Å². The first-order chi connectivity index (χ1) is 11.4. The van der Waals surface area contributed by atoms with Gasteiger partial charge in [0.25, 0.3) is 0 Å². The quantitative estimate of drug-likeness (QED) is 0.870. The zero-order valence-corrected chi connectivity index (χ0v) is 15.5. The molecule has 0 spiro atoms. The van der Waals surface area contributed by atoms with E-state index < -0.39 is 0 Å². The molecule has 1 fully saturated rings. The van der Waals surface area contributed by atoms with E-state index in [1.807, 2.05) is 30.5 Å². The third kappa shape index (κ3) is 3.04. The highest BCUT2D eigenvalue weighted by molar-refractivity contribution is 5.84. The highest BCUT2D eigenvalue weighted by Crippen LogP contribution is 2.26. The lowest BCUT2D eigenvalue weighted by atomic mass is 9.97. The number of hydrogen-bond donors (Lipinski definition) is 0. The van der Waals surface area contributed by atoms with Gasteiger partial charge in [0.1, 0.15) is 0 Å². The smallest absolute Gasteiger partial charge is 0.222 e. The van der Waals surface area contributed by atoms with Gasteiger partial charge in [-0.3, -0.25) is 9.48 Å². The first-order valence-corrected chi connectivity index (χ1v) is 8.95. The summed E-state index contributed by atoms with van der Waals surface area (Å²) in [4.78, 5) is 19.3. The van der Waals surface area contributed by atoms with Gasteiger partial charge in [-0.1, -0.05) is 6.92 Å². The van der Waals surface area contributed by atoms with Crippen LogP contribution in [0.5, 0.6) is 0 Å². The minimum absolute atomic E-state index is 0.281.